The first-order valence-electron chi connectivity index (χ1n) is 8.25. The summed E-state index contributed by atoms with van der Waals surface area (Å²) < 4.78 is 5.96. The standard InChI is InChI=1S/C19H25NOS/c1-14(2)21-19-7-3-5-15-13-16(8-9-18(15)19)20-11-10-17-6-4-12-22-17/h3-7,12,14,16,20H,8-11,13H2,1-2H3. The fraction of sp³-hybridized carbons (Fsp3) is 0.474. The van der Waals surface area contributed by atoms with Crippen LogP contribution in [0.3, 0.4) is 0 Å². The van der Waals surface area contributed by atoms with Crippen molar-refractivity contribution in [1.82, 2.24) is 5.32 Å². The van der Waals surface area contributed by atoms with Crippen molar-refractivity contribution >= 4 is 11.3 Å². The zero-order valence-corrected chi connectivity index (χ0v) is 14.3. The number of fused-ring (bicyclic) bond motifs is 1. The maximum atomic E-state index is 5.96. The fourth-order valence-electron chi connectivity index (χ4n) is 3.17. The Morgan fingerprint density at radius 2 is 2.18 bits per heavy atom. The first kappa shape index (κ1) is 15.6. The van der Waals surface area contributed by atoms with Gasteiger partial charge in [-0.2, -0.15) is 0 Å². The third-order valence-corrected chi connectivity index (χ3v) is 5.12. The van der Waals surface area contributed by atoms with Crippen molar-refractivity contribution in [2.45, 2.75) is 51.7 Å². The lowest BCUT2D eigenvalue weighted by Gasteiger charge is -2.27. The van der Waals surface area contributed by atoms with Crippen molar-refractivity contribution in [1.29, 1.82) is 0 Å². The van der Waals surface area contributed by atoms with Crippen LogP contribution in [0.5, 0.6) is 5.75 Å². The third-order valence-electron chi connectivity index (χ3n) is 4.19. The molecule has 1 aromatic heterocycles. The Kier molecular flexibility index (Phi) is 5.16. The highest BCUT2D eigenvalue weighted by Crippen LogP contribution is 2.30. The van der Waals surface area contributed by atoms with Crippen molar-refractivity contribution in [3.8, 4) is 5.75 Å². The van der Waals surface area contributed by atoms with Crippen LogP contribution in [0, 0.1) is 0 Å². The largest absolute Gasteiger partial charge is 0.491 e. The SMILES string of the molecule is CC(C)Oc1cccc2c1CCC(NCCc1cccs1)C2. The van der Waals surface area contributed by atoms with E-state index in [1.165, 1.54) is 22.4 Å². The molecule has 0 bridgehead atoms. The second kappa shape index (κ2) is 7.30. The molecule has 0 saturated heterocycles. The lowest BCUT2D eigenvalue weighted by molar-refractivity contribution is 0.238. The fourth-order valence-corrected chi connectivity index (χ4v) is 3.87. The van der Waals surface area contributed by atoms with Crippen LogP contribution in [0.2, 0.25) is 0 Å². The third kappa shape index (κ3) is 3.90. The molecule has 1 heterocycles. The highest BCUT2D eigenvalue weighted by Gasteiger charge is 2.21. The van der Waals surface area contributed by atoms with Gasteiger partial charge in [-0.1, -0.05) is 18.2 Å². The molecule has 0 aliphatic heterocycles. The van der Waals surface area contributed by atoms with E-state index < -0.39 is 0 Å². The molecule has 3 heteroatoms. The van der Waals surface area contributed by atoms with Crippen molar-refractivity contribution in [3.63, 3.8) is 0 Å². The molecule has 118 valence electrons. The van der Waals surface area contributed by atoms with Gasteiger partial charge >= 0.3 is 0 Å². The monoisotopic (exact) mass is 315 g/mol. The Bertz CT molecular complexity index is 591. The van der Waals surface area contributed by atoms with Crippen LogP contribution in [0.4, 0.5) is 0 Å². The number of rotatable bonds is 6. The Balaban J connectivity index is 1.57. The smallest absolute Gasteiger partial charge is 0.123 e. The van der Waals surface area contributed by atoms with Crippen molar-refractivity contribution < 1.29 is 4.74 Å². The van der Waals surface area contributed by atoms with Crippen LogP contribution in [-0.4, -0.2) is 18.7 Å². The van der Waals surface area contributed by atoms with Crippen molar-refractivity contribution in [3.05, 3.63) is 51.7 Å². The number of ether oxygens (including phenoxy) is 1. The highest BCUT2D eigenvalue weighted by molar-refractivity contribution is 7.09. The zero-order valence-electron chi connectivity index (χ0n) is 13.5. The van der Waals surface area contributed by atoms with Crippen LogP contribution in [0.1, 0.15) is 36.3 Å². The van der Waals surface area contributed by atoms with Gasteiger partial charge in [-0.05, 0) is 68.2 Å². The molecule has 2 nitrogen and oxygen atoms in total. The van der Waals surface area contributed by atoms with Gasteiger partial charge in [0.05, 0.1) is 6.10 Å². The lowest BCUT2D eigenvalue weighted by atomic mass is 9.87. The molecule has 1 aromatic carbocycles. The first-order valence-corrected chi connectivity index (χ1v) is 9.13. The Morgan fingerprint density at radius 1 is 1.27 bits per heavy atom. The molecular weight excluding hydrogens is 290 g/mol. The van der Waals surface area contributed by atoms with E-state index in [2.05, 4.69) is 54.9 Å². The van der Waals surface area contributed by atoms with Gasteiger partial charge in [-0.15, -0.1) is 11.3 Å². The Labute approximate surface area is 137 Å². The summed E-state index contributed by atoms with van der Waals surface area (Å²) in [5.74, 6) is 1.09. The van der Waals surface area contributed by atoms with Gasteiger partial charge in [0.1, 0.15) is 5.75 Å². The van der Waals surface area contributed by atoms with Crippen LogP contribution in [0.25, 0.3) is 0 Å². The molecule has 22 heavy (non-hydrogen) atoms. The van der Waals surface area contributed by atoms with E-state index in [9.17, 15) is 0 Å². The Hall–Kier alpha value is -1.32. The van der Waals surface area contributed by atoms with Crippen LogP contribution in [-0.2, 0) is 19.3 Å². The average molecular weight is 315 g/mol. The van der Waals surface area contributed by atoms with Crippen LogP contribution < -0.4 is 10.1 Å². The highest BCUT2D eigenvalue weighted by atomic mass is 32.1. The molecule has 1 aliphatic carbocycles. The van der Waals surface area contributed by atoms with E-state index in [-0.39, 0.29) is 6.10 Å². The summed E-state index contributed by atoms with van der Waals surface area (Å²) in [5.41, 5.74) is 2.88. The molecule has 0 spiro atoms. The summed E-state index contributed by atoms with van der Waals surface area (Å²) in [7, 11) is 0. The predicted molar refractivity (Wildman–Crippen MR) is 94.0 cm³/mol. The summed E-state index contributed by atoms with van der Waals surface area (Å²) in [5, 5.41) is 5.88. The second-order valence-corrected chi connectivity index (χ2v) is 7.32. The number of nitrogens with one attached hydrogen (secondary N) is 1. The zero-order chi connectivity index (χ0) is 15.4. The molecule has 1 N–H and O–H groups in total. The van der Waals surface area contributed by atoms with Gasteiger partial charge in [0.25, 0.3) is 0 Å². The van der Waals surface area contributed by atoms with E-state index in [1.807, 2.05) is 11.3 Å². The second-order valence-electron chi connectivity index (χ2n) is 6.28. The molecule has 0 amide bonds. The molecule has 0 fully saturated rings. The minimum Gasteiger partial charge on any atom is -0.491 e. The molecule has 0 saturated carbocycles. The summed E-state index contributed by atoms with van der Waals surface area (Å²) in [4.78, 5) is 1.47. The molecular formula is C19H25NOS. The topological polar surface area (TPSA) is 21.3 Å². The quantitative estimate of drug-likeness (QED) is 0.861. The van der Waals surface area contributed by atoms with E-state index in [4.69, 9.17) is 4.74 Å². The average Bonchev–Trinajstić information content (AvgIpc) is 3.00. The summed E-state index contributed by atoms with van der Waals surface area (Å²) in [6.07, 6.45) is 4.82. The van der Waals surface area contributed by atoms with E-state index in [0.29, 0.717) is 6.04 Å². The van der Waals surface area contributed by atoms with Gasteiger partial charge in [0.2, 0.25) is 0 Å². The molecule has 2 aromatic rings. The van der Waals surface area contributed by atoms with Gasteiger partial charge in [-0.25, -0.2) is 0 Å². The maximum Gasteiger partial charge on any atom is 0.123 e. The van der Waals surface area contributed by atoms with E-state index in [0.717, 1.165) is 31.6 Å². The van der Waals surface area contributed by atoms with Crippen LogP contribution >= 0.6 is 11.3 Å². The maximum absolute atomic E-state index is 5.96. The van der Waals surface area contributed by atoms with Gasteiger partial charge < -0.3 is 10.1 Å². The Morgan fingerprint density at radius 3 is 2.95 bits per heavy atom. The minimum atomic E-state index is 0.244. The molecule has 3 rings (SSSR count). The molecule has 1 unspecified atom stereocenters. The molecule has 0 radical (unpaired) electrons. The van der Waals surface area contributed by atoms with Crippen molar-refractivity contribution in [2.75, 3.05) is 6.54 Å². The number of hydrogen-bond donors (Lipinski definition) is 1. The lowest BCUT2D eigenvalue weighted by Crippen LogP contribution is -2.35. The summed E-state index contributed by atoms with van der Waals surface area (Å²) in [6, 6.07) is 11.5. The van der Waals surface area contributed by atoms with Gasteiger partial charge in [0, 0.05) is 17.5 Å². The van der Waals surface area contributed by atoms with E-state index >= 15 is 0 Å². The van der Waals surface area contributed by atoms with Crippen molar-refractivity contribution in [2.24, 2.45) is 0 Å². The molecule has 1 atom stereocenters. The normalized spacial score (nSPS) is 17.5. The molecule has 1 aliphatic rings. The predicted octanol–water partition coefficient (Wildman–Crippen LogP) is 4.22. The minimum absolute atomic E-state index is 0.244. The first-order chi connectivity index (χ1) is 10.7. The summed E-state index contributed by atoms with van der Waals surface area (Å²) in [6.45, 7) is 5.26. The van der Waals surface area contributed by atoms with Gasteiger partial charge in [0.15, 0.2) is 0 Å². The number of benzene rings is 1. The number of hydrogen-bond acceptors (Lipinski definition) is 3. The van der Waals surface area contributed by atoms with Crippen LogP contribution in [0.15, 0.2) is 35.7 Å². The van der Waals surface area contributed by atoms with Gasteiger partial charge in [-0.3, -0.25) is 0 Å². The summed E-state index contributed by atoms with van der Waals surface area (Å²) >= 11 is 1.85. The number of thiophene rings is 1. The van der Waals surface area contributed by atoms with E-state index in [1.54, 1.807) is 0 Å².